The van der Waals surface area contributed by atoms with Gasteiger partial charge in [-0.25, -0.2) is 13.8 Å². The molecule has 0 bridgehead atoms. The molecule has 1 aromatic carbocycles. The number of hydrogen-bond acceptors (Lipinski definition) is 2. The van der Waals surface area contributed by atoms with Crippen molar-refractivity contribution in [1.29, 1.82) is 0 Å². The Morgan fingerprint density at radius 3 is 2.81 bits per heavy atom. The van der Waals surface area contributed by atoms with Gasteiger partial charge in [0, 0.05) is 17.8 Å². The number of carbonyl (C=O) groups excluding carboxylic acids is 1. The standard InChI is InChI=1S/C11H8F2N2O/c12-9-2-1-8(11(13)3-9)4-15-5-10(6-16)14-7-15/h1-3,5-7H,4H2. The molecule has 1 heterocycles. The van der Waals surface area contributed by atoms with Crippen LogP contribution in [-0.2, 0) is 6.54 Å². The average Bonchev–Trinajstić information content (AvgIpc) is 2.70. The predicted octanol–water partition coefficient (Wildman–Crippen LogP) is 2.02. The summed E-state index contributed by atoms with van der Waals surface area (Å²) in [6, 6.07) is 3.38. The molecule has 0 amide bonds. The van der Waals surface area contributed by atoms with Crippen LogP contribution in [0.25, 0.3) is 0 Å². The molecule has 2 rings (SSSR count). The minimum atomic E-state index is -0.611. The van der Waals surface area contributed by atoms with Crippen LogP contribution < -0.4 is 0 Å². The zero-order valence-corrected chi connectivity index (χ0v) is 8.23. The van der Waals surface area contributed by atoms with Gasteiger partial charge >= 0.3 is 0 Å². The van der Waals surface area contributed by atoms with Crippen LogP contribution in [0, 0.1) is 11.6 Å². The van der Waals surface area contributed by atoms with Gasteiger partial charge in [0.15, 0.2) is 6.29 Å². The van der Waals surface area contributed by atoms with Gasteiger partial charge in [0.1, 0.15) is 17.3 Å². The van der Waals surface area contributed by atoms with Gasteiger partial charge in [-0.3, -0.25) is 4.79 Å². The minimum absolute atomic E-state index is 0.215. The minimum Gasteiger partial charge on any atom is -0.332 e. The smallest absolute Gasteiger partial charge is 0.169 e. The van der Waals surface area contributed by atoms with Crippen molar-refractivity contribution in [2.45, 2.75) is 6.54 Å². The van der Waals surface area contributed by atoms with Crippen molar-refractivity contribution in [3.8, 4) is 0 Å². The predicted molar refractivity (Wildman–Crippen MR) is 53.1 cm³/mol. The van der Waals surface area contributed by atoms with E-state index in [1.807, 2.05) is 0 Å². The fraction of sp³-hybridized carbons (Fsp3) is 0.0909. The van der Waals surface area contributed by atoms with Crippen molar-refractivity contribution < 1.29 is 13.6 Å². The van der Waals surface area contributed by atoms with Gasteiger partial charge in [-0.15, -0.1) is 0 Å². The molecule has 3 nitrogen and oxygen atoms in total. The zero-order chi connectivity index (χ0) is 11.5. The van der Waals surface area contributed by atoms with Crippen LogP contribution in [0.2, 0.25) is 0 Å². The molecule has 0 saturated heterocycles. The van der Waals surface area contributed by atoms with E-state index < -0.39 is 11.6 Å². The summed E-state index contributed by atoms with van der Waals surface area (Å²) in [6.45, 7) is 0.215. The second-order valence-electron chi connectivity index (χ2n) is 3.32. The van der Waals surface area contributed by atoms with Crippen LogP contribution in [0.5, 0.6) is 0 Å². The first-order valence-electron chi connectivity index (χ1n) is 4.60. The summed E-state index contributed by atoms with van der Waals surface area (Å²) in [5, 5.41) is 0. The summed E-state index contributed by atoms with van der Waals surface area (Å²) in [5.41, 5.74) is 0.624. The molecule has 0 unspecified atom stereocenters. The van der Waals surface area contributed by atoms with E-state index in [2.05, 4.69) is 4.98 Å². The van der Waals surface area contributed by atoms with Crippen molar-refractivity contribution in [1.82, 2.24) is 9.55 Å². The lowest BCUT2D eigenvalue weighted by Crippen LogP contribution is -1.99. The maximum Gasteiger partial charge on any atom is 0.169 e. The Bertz CT molecular complexity index is 522. The number of nitrogens with zero attached hydrogens (tertiary/aromatic N) is 2. The lowest BCUT2D eigenvalue weighted by atomic mass is 10.2. The van der Waals surface area contributed by atoms with Gasteiger partial charge in [-0.1, -0.05) is 6.07 Å². The molecule has 16 heavy (non-hydrogen) atoms. The van der Waals surface area contributed by atoms with Crippen molar-refractivity contribution in [3.63, 3.8) is 0 Å². The van der Waals surface area contributed by atoms with Gasteiger partial charge in [0.2, 0.25) is 0 Å². The van der Waals surface area contributed by atoms with Crippen molar-refractivity contribution in [2.75, 3.05) is 0 Å². The largest absolute Gasteiger partial charge is 0.332 e. The number of imidazole rings is 1. The van der Waals surface area contributed by atoms with E-state index in [-0.39, 0.29) is 12.2 Å². The normalized spacial score (nSPS) is 10.4. The van der Waals surface area contributed by atoms with Gasteiger partial charge in [0.25, 0.3) is 0 Å². The molecule has 0 atom stereocenters. The average molecular weight is 222 g/mol. The molecule has 0 radical (unpaired) electrons. The number of hydrogen-bond donors (Lipinski definition) is 0. The third kappa shape index (κ3) is 2.13. The molecular weight excluding hydrogens is 214 g/mol. The van der Waals surface area contributed by atoms with Crippen LogP contribution in [-0.4, -0.2) is 15.8 Å². The summed E-state index contributed by atoms with van der Waals surface area (Å²) in [7, 11) is 0. The Hall–Kier alpha value is -2.04. The number of carbonyl (C=O) groups is 1. The molecule has 1 aromatic heterocycles. The Labute approximate surface area is 90.3 Å². The maximum absolute atomic E-state index is 13.3. The van der Waals surface area contributed by atoms with Gasteiger partial charge < -0.3 is 4.57 Å². The van der Waals surface area contributed by atoms with Gasteiger partial charge in [-0.2, -0.15) is 0 Å². The van der Waals surface area contributed by atoms with Crippen molar-refractivity contribution >= 4 is 6.29 Å². The first-order valence-corrected chi connectivity index (χ1v) is 4.60. The second-order valence-corrected chi connectivity index (χ2v) is 3.32. The quantitative estimate of drug-likeness (QED) is 0.744. The molecule has 82 valence electrons. The van der Waals surface area contributed by atoms with E-state index in [9.17, 15) is 13.6 Å². The number of rotatable bonds is 3. The summed E-state index contributed by atoms with van der Waals surface area (Å²) >= 11 is 0. The highest BCUT2D eigenvalue weighted by Gasteiger charge is 2.05. The number of aldehydes is 1. The number of halogens is 2. The lowest BCUT2D eigenvalue weighted by Gasteiger charge is -2.03. The maximum atomic E-state index is 13.3. The molecule has 0 spiro atoms. The number of aromatic nitrogens is 2. The fourth-order valence-corrected chi connectivity index (χ4v) is 1.37. The van der Waals surface area contributed by atoms with Crippen molar-refractivity contribution in [3.05, 3.63) is 53.6 Å². The van der Waals surface area contributed by atoms with E-state index in [1.54, 1.807) is 4.57 Å². The number of benzene rings is 1. The molecule has 0 saturated carbocycles. The van der Waals surface area contributed by atoms with Crippen LogP contribution in [0.15, 0.2) is 30.7 Å². The van der Waals surface area contributed by atoms with Crippen LogP contribution in [0.1, 0.15) is 16.1 Å². The summed E-state index contributed by atoms with van der Waals surface area (Å²) in [5.74, 6) is -1.22. The SMILES string of the molecule is O=Cc1cn(Cc2ccc(F)cc2F)cn1. The van der Waals surface area contributed by atoms with Crippen molar-refractivity contribution in [2.24, 2.45) is 0 Å². The second kappa shape index (κ2) is 4.22. The lowest BCUT2D eigenvalue weighted by molar-refractivity contribution is 0.111. The highest BCUT2D eigenvalue weighted by Crippen LogP contribution is 2.11. The van der Waals surface area contributed by atoms with Crippen LogP contribution in [0.4, 0.5) is 8.78 Å². The van der Waals surface area contributed by atoms with Crippen LogP contribution >= 0.6 is 0 Å². The molecule has 0 aliphatic carbocycles. The summed E-state index contributed by atoms with van der Waals surface area (Å²) in [4.78, 5) is 14.2. The van der Waals surface area contributed by atoms with Gasteiger partial charge in [-0.05, 0) is 6.07 Å². The Kier molecular flexibility index (Phi) is 2.76. The topological polar surface area (TPSA) is 34.9 Å². The first-order chi connectivity index (χ1) is 7.69. The van der Waals surface area contributed by atoms with E-state index in [0.29, 0.717) is 11.8 Å². The molecule has 2 aromatic rings. The molecule has 0 N–H and O–H groups in total. The Morgan fingerprint density at radius 2 is 2.19 bits per heavy atom. The van der Waals surface area contributed by atoms with E-state index in [4.69, 9.17) is 0 Å². The molecular formula is C11H8F2N2O. The highest BCUT2D eigenvalue weighted by molar-refractivity contribution is 5.70. The van der Waals surface area contributed by atoms with Gasteiger partial charge in [0.05, 0.1) is 12.9 Å². The summed E-state index contributed by atoms with van der Waals surface area (Å²) in [6.07, 6.45) is 3.53. The molecule has 0 aliphatic heterocycles. The molecule has 0 aliphatic rings. The fourth-order valence-electron chi connectivity index (χ4n) is 1.37. The summed E-state index contributed by atoms with van der Waals surface area (Å²) < 4.78 is 27.5. The molecule has 0 fully saturated rings. The first kappa shape index (κ1) is 10.5. The third-order valence-electron chi connectivity index (χ3n) is 2.14. The zero-order valence-electron chi connectivity index (χ0n) is 8.23. The van der Waals surface area contributed by atoms with Crippen LogP contribution in [0.3, 0.4) is 0 Å². The third-order valence-corrected chi connectivity index (χ3v) is 2.14. The monoisotopic (exact) mass is 222 g/mol. The van der Waals surface area contributed by atoms with E-state index >= 15 is 0 Å². The Morgan fingerprint density at radius 1 is 1.38 bits per heavy atom. The van der Waals surface area contributed by atoms with E-state index in [0.717, 1.165) is 6.07 Å². The van der Waals surface area contributed by atoms with E-state index in [1.165, 1.54) is 24.7 Å². The molecule has 5 heteroatoms. The Balaban J connectivity index is 2.23. The highest BCUT2D eigenvalue weighted by atomic mass is 19.1.